The van der Waals surface area contributed by atoms with Gasteiger partial charge in [0, 0.05) is 25.8 Å². The number of pyridine rings is 2. The number of rotatable bonds is 4. The fourth-order valence-electron chi connectivity index (χ4n) is 4.58. The molecule has 0 radical (unpaired) electrons. The summed E-state index contributed by atoms with van der Waals surface area (Å²) in [6.45, 7) is 8.31. The minimum Gasteiger partial charge on any atom is -0.338 e. The number of carbonyl (C=O) groups is 1. The number of amides is 1. The van der Waals surface area contributed by atoms with Gasteiger partial charge in [0.1, 0.15) is 16.8 Å². The molecule has 7 heteroatoms. The average Bonchev–Trinajstić information content (AvgIpc) is 2.72. The summed E-state index contributed by atoms with van der Waals surface area (Å²) in [7, 11) is 0. The third kappa shape index (κ3) is 3.53. The Hall–Kier alpha value is -2.96. The van der Waals surface area contributed by atoms with Crippen LogP contribution in [0, 0.1) is 17.2 Å². The summed E-state index contributed by atoms with van der Waals surface area (Å²) in [5.41, 5.74) is 1.22. The van der Waals surface area contributed by atoms with Crippen LogP contribution in [0.2, 0.25) is 0 Å². The lowest BCUT2D eigenvalue weighted by Gasteiger charge is -2.35. The molecule has 0 aromatic carbocycles. The van der Waals surface area contributed by atoms with Crippen molar-refractivity contribution in [2.45, 2.75) is 46.6 Å². The molecule has 1 aliphatic heterocycles. The first kappa shape index (κ1) is 20.3. The highest BCUT2D eigenvalue weighted by molar-refractivity contribution is 5.97. The third-order valence-electron chi connectivity index (χ3n) is 5.94. The van der Waals surface area contributed by atoms with Gasteiger partial charge in [-0.25, -0.2) is 4.98 Å². The monoisotopic (exact) mass is 407 g/mol. The number of hydrogen-bond donors (Lipinski definition) is 1. The maximum atomic E-state index is 13.4. The molecule has 0 aliphatic carbocycles. The van der Waals surface area contributed by atoms with E-state index in [1.54, 1.807) is 29.0 Å². The zero-order valence-corrected chi connectivity index (χ0v) is 17.9. The fraction of sp³-hybridized carbons (Fsp3) is 0.478. The number of fused-ring (bicyclic) bond motifs is 2. The van der Waals surface area contributed by atoms with E-state index in [1.165, 1.54) is 4.40 Å². The summed E-state index contributed by atoms with van der Waals surface area (Å²) < 4.78 is 3.23. The van der Waals surface area contributed by atoms with Crippen molar-refractivity contribution in [3.63, 3.8) is 0 Å². The van der Waals surface area contributed by atoms with E-state index in [0.717, 1.165) is 19.3 Å². The molecule has 1 saturated heterocycles. The molecule has 1 aliphatic rings. The molecule has 1 amide bonds. The Morgan fingerprint density at radius 2 is 1.97 bits per heavy atom. The molecule has 2 unspecified atom stereocenters. The van der Waals surface area contributed by atoms with Gasteiger partial charge < -0.3 is 9.47 Å². The van der Waals surface area contributed by atoms with Crippen molar-refractivity contribution in [1.82, 2.24) is 18.9 Å². The molecule has 1 N–H and O–H groups in total. The van der Waals surface area contributed by atoms with E-state index in [0.29, 0.717) is 48.2 Å². The fourth-order valence-corrected chi connectivity index (χ4v) is 4.58. The number of nitrogens with zero attached hydrogens (tertiary/aromatic N) is 4. The van der Waals surface area contributed by atoms with Gasteiger partial charge in [0.25, 0.3) is 11.5 Å². The molecular weight excluding hydrogens is 378 g/mol. The van der Waals surface area contributed by atoms with E-state index in [1.807, 2.05) is 11.0 Å². The zero-order chi connectivity index (χ0) is 21.4. The number of nitrogens with one attached hydrogen (secondary N) is 1. The summed E-state index contributed by atoms with van der Waals surface area (Å²) in [5, 5.41) is 9.18. The van der Waals surface area contributed by atoms with Crippen molar-refractivity contribution in [1.29, 1.82) is 5.41 Å². The summed E-state index contributed by atoms with van der Waals surface area (Å²) >= 11 is 0. The van der Waals surface area contributed by atoms with E-state index in [2.05, 4.69) is 25.8 Å². The van der Waals surface area contributed by atoms with Gasteiger partial charge in [-0.3, -0.25) is 19.4 Å². The molecule has 1 fully saturated rings. The molecule has 7 nitrogen and oxygen atoms in total. The Bertz CT molecular complexity index is 1220. The van der Waals surface area contributed by atoms with Gasteiger partial charge >= 0.3 is 0 Å². The predicted molar refractivity (Wildman–Crippen MR) is 117 cm³/mol. The number of carbonyl (C=O) groups excluding carboxylic acids is 1. The van der Waals surface area contributed by atoms with Crippen molar-refractivity contribution in [2.24, 2.45) is 11.8 Å². The lowest BCUT2D eigenvalue weighted by atomic mass is 9.91. The molecule has 30 heavy (non-hydrogen) atoms. The van der Waals surface area contributed by atoms with Gasteiger partial charge in [0.05, 0.1) is 10.9 Å². The summed E-state index contributed by atoms with van der Waals surface area (Å²) in [6.07, 6.45) is 4.57. The SMILES string of the molecule is CCCCn1c(=N)c(C(=O)N2CC(C)CC(C)C2)cc2c(=O)n3ccccc3nc21. The molecule has 2 atom stereocenters. The second kappa shape index (κ2) is 8.05. The van der Waals surface area contributed by atoms with Crippen LogP contribution < -0.4 is 11.0 Å². The minimum atomic E-state index is -0.213. The third-order valence-corrected chi connectivity index (χ3v) is 5.94. The number of aryl methyl sites for hydroxylation is 1. The van der Waals surface area contributed by atoms with Crippen LogP contribution in [0.1, 0.15) is 50.4 Å². The van der Waals surface area contributed by atoms with E-state index >= 15 is 0 Å². The Morgan fingerprint density at radius 3 is 2.67 bits per heavy atom. The van der Waals surface area contributed by atoms with Crippen molar-refractivity contribution in [3.05, 3.63) is 51.9 Å². The van der Waals surface area contributed by atoms with Crippen LogP contribution in [0.5, 0.6) is 0 Å². The van der Waals surface area contributed by atoms with E-state index < -0.39 is 0 Å². The molecule has 0 bridgehead atoms. The van der Waals surface area contributed by atoms with E-state index in [9.17, 15) is 9.59 Å². The first-order valence-corrected chi connectivity index (χ1v) is 10.8. The molecule has 4 rings (SSSR count). The molecule has 3 aromatic rings. The first-order chi connectivity index (χ1) is 14.4. The summed E-state index contributed by atoms with van der Waals surface area (Å²) in [4.78, 5) is 33.1. The molecule has 3 aromatic heterocycles. The van der Waals surface area contributed by atoms with Crippen molar-refractivity contribution in [2.75, 3.05) is 13.1 Å². The number of hydrogen-bond acceptors (Lipinski definition) is 4. The van der Waals surface area contributed by atoms with Crippen molar-refractivity contribution < 1.29 is 4.79 Å². The number of unbranched alkanes of at least 4 members (excludes halogenated alkanes) is 1. The highest BCUT2D eigenvalue weighted by atomic mass is 16.2. The van der Waals surface area contributed by atoms with Gasteiger partial charge in [-0.15, -0.1) is 0 Å². The van der Waals surface area contributed by atoms with Crippen LogP contribution in [-0.2, 0) is 6.54 Å². The van der Waals surface area contributed by atoms with Crippen LogP contribution in [0.25, 0.3) is 16.7 Å². The lowest BCUT2D eigenvalue weighted by Crippen LogP contribution is -2.45. The van der Waals surface area contributed by atoms with Crippen molar-refractivity contribution >= 4 is 22.6 Å². The first-order valence-electron chi connectivity index (χ1n) is 10.8. The minimum absolute atomic E-state index is 0.138. The molecule has 0 saturated carbocycles. The highest BCUT2D eigenvalue weighted by Crippen LogP contribution is 2.22. The normalized spacial score (nSPS) is 19.5. The smallest absolute Gasteiger partial charge is 0.267 e. The van der Waals surface area contributed by atoms with Gasteiger partial charge in [0.2, 0.25) is 0 Å². The van der Waals surface area contributed by atoms with Crippen LogP contribution in [0.15, 0.2) is 35.3 Å². The molecular formula is C23H29N5O2. The Balaban J connectivity index is 1.94. The van der Waals surface area contributed by atoms with E-state index in [-0.39, 0.29) is 22.5 Å². The quantitative estimate of drug-likeness (QED) is 0.675. The van der Waals surface area contributed by atoms with Gasteiger partial charge in [0.15, 0.2) is 0 Å². The highest BCUT2D eigenvalue weighted by Gasteiger charge is 2.28. The number of aromatic nitrogens is 3. The maximum Gasteiger partial charge on any atom is 0.267 e. The summed E-state index contributed by atoms with van der Waals surface area (Å²) in [5.74, 6) is 0.690. The Morgan fingerprint density at radius 1 is 1.23 bits per heavy atom. The van der Waals surface area contributed by atoms with Gasteiger partial charge in [-0.1, -0.05) is 33.3 Å². The maximum absolute atomic E-state index is 13.4. The number of piperidine rings is 1. The number of likely N-dealkylation sites (tertiary alicyclic amines) is 1. The Labute approximate surface area is 175 Å². The van der Waals surface area contributed by atoms with Gasteiger partial charge in [-0.2, -0.15) is 0 Å². The van der Waals surface area contributed by atoms with E-state index in [4.69, 9.17) is 5.41 Å². The van der Waals surface area contributed by atoms with Gasteiger partial charge in [-0.05, 0) is 42.9 Å². The standard InChI is InChI=1S/C23H29N5O2/c1-4-5-9-28-20(24)17(22(29)26-13-15(2)11-16(3)14-26)12-18-21(28)25-19-8-6-7-10-27(19)23(18)30/h6-8,10,12,15-16,24H,4-5,9,11,13-14H2,1-3H3. The lowest BCUT2D eigenvalue weighted by molar-refractivity contribution is 0.0620. The largest absolute Gasteiger partial charge is 0.338 e. The molecule has 158 valence electrons. The van der Waals surface area contributed by atoms with Crippen LogP contribution >= 0.6 is 0 Å². The second-order valence-electron chi connectivity index (χ2n) is 8.65. The Kier molecular flexibility index (Phi) is 5.45. The second-order valence-corrected chi connectivity index (χ2v) is 8.65. The topological polar surface area (TPSA) is 83.5 Å². The van der Waals surface area contributed by atoms with Crippen LogP contribution in [0.4, 0.5) is 0 Å². The predicted octanol–water partition coefficient (Wildman–Crippen LogP) is 3.05. The van der Waals surface area contributed by atoms with Crippen molar-refractivity contribution in [3.8, 4) is 0 Å². The van der Waals surface area contributed by atoms with Crippen LogP contribution in [0.3, 0.4) is 0 Å². The molecule has 4 heterocycles. The summed E-state index contributed by atoms with van der Waals surface area (Å²) in [6, 6.07) is 6.99. The molecule has 0 spiro atoms. The zero-order valence-electron chi connectivity index (χ0n) is 17.9. The average molecular weight is 408 g/mol. The van der Waals surface area contributed by atoms with Crippen LogP contribution in [-0.4, -0.2) is 37.8 Å².